The van der Waals surface area contributed by atoms with Crippen LogP contribution in [0.4, 0.5) is 11.4 Å². The van der Waals surface area contributed by atoms with Gasteiger partial charge in [-0.05, 0) is 48.5 Å². The van der Waals surface area contributed by atoms with Gasteiger partial charge in [-0.1, -0.05) is 0 Å². The van der Waals surface area contributed by atoms with Crippen LogP contribution in [-0.2, 0) is 0 Å². The van der Waals surface area contributed by atoms with Crippen molar-refractivity contribution in [2.75, 3.05) is 62.2 Å². The average Bonchev–Trinajstić information content (AvgIpc) is 2.80. The Morgan fingerprint density at radius 2 is 0.966 bits per heavy atom. The molecule has 6 heteroatoms. The van der Waals surface area contributed by atoms with Crippen LogP contribution in [0.1, 0.15) is 27.1 Å². The van der Waals surface area contributed by atoms with Crippen LogP contribution in [0, 0.1) is 0 Å². The summed E-state index contributed by atoms with van der Waals surface area (Å²) in [6.07, 6.45) is -0.0973. The number of ketones is 2. The molecular formula is C23H28N4O2. The van der Waals surface area contributed by atoms with E-state index >= 15 is 0 Å². The van der Waals surface area contributed by atoms with Crippen LogP contribution in [0.5, 0.6) is 0 Å². The highest BCUT2D eigenvalue weighted by molar-refractivity contribution is 6.13. The third-order valence-corrected chi connectivity index (χ3v) is 5.66. The summed E-state index contributed by atoms with van der Waals surface area (Å²) < 4.78 is 0. The molecule has 0 atom stereocenters. The van der Waals surface area contributed by atoms with Gasteiger partial charge in [-0.2, -0.15) is 0 Å². The average molecular weight is 393 g/mol. The van der Waals surface area contributed by atoms with E-state index in [1.807, 2.05) is 48.5 Å². The normalized spacial score (nSPS) is 17.2. The van der Waals surface area contributed by atoms with Gasteiger partial charge in [0.25, 0.3) is 0 Å². The molecule has 2 saturated heterocycles. The minimum absolute atomic E-state index is 0.0973. The van der Waals surface area contributed by atoms with Gasteiger partial charge in [0.05, 0.1) is 6.42 Å². The zero-order valence-corrected chi connectivity index (χ0v) is 16.7. The predicted octanol–water partition coefficient (Wildman–Crippen LogP) is 1.96. The van der Waals surface area contributed by atoms with E-state index in [0.29, 0.717) is 11.1 Å². The molecule has 2 heterocycles. The number of nitrogens with zero attached hydrogens (tertiary/aromatic N) is 2. The fraction of sp³-hybridized carbons (Fsp3) is 0.391. The molecule has 0 unspecified atom stereocenters. The van der Waals surface area contributed by atoms with Gasteiger partial charge in [0.1, 0.15) is 0 Å². The Kier molecular flexibility index (Phi) is 6.22. The van der Waals surface area contributed by atoms with Crippen molar-refractivity contribution in [3.05, 3.63) is 59.7 Å². The fourth-order valence-electron chi connectivity index (χ4n) is 3.91. The highest BCUT2D eigenvalue weighted by atomic mass is 16.1. The molecule has 2 aliphatic rings. The second-order valence-corrected chi connectivity index (χ2v) is 7.59. The lowest BCUT2D eigenvalue weighted by molar-refractivity contribution is 0.0894. The van der Waals surface area contributed by atoms with Gasteiger partial charge in [-0.3, -0.25) is 9.59 Å². The highest BCUT2D eigenvalue weighted by Gasteiger charge is 2.16. The molecule has 152 valence electrons. The summed E-state index contributed by atoms with van der Waals surface area (Å²) in [7, 11) is 0. The van der Waals surface area contributed by atoms with Gasteiger partial charge >= 0.3 is 0 Å². The summed E-state index contributed by atoms with van der Waals surface area (Å²) in [5.41, 5.74) is 3.43. The summed E-state index contributed by atoms with van der Waals surface area (Å²) in [4.78, 5) is 29.7. The number of nitrogens with one attached hydrogen (secondary N) is 2. The lowest BCUT2D eigenvalue weighted by Crippen LogP contribution is -2.43. The van der Waals surface area contributed by atoms with Gasteiger partial charge in [0.15, 0.2) is 11.6 Å². The number of piperazine rings is 2. The lowest BCUT2D eigenvalue weighted by atomic mass is 10.0. The number of carbonyl (C=O) groups is 2. The molecule has 0 radical (unpaired) electrons. The van der Waals surface area contributed by atoms with Crippen LogP contribution in [0.25, 0.3) is 0 Å². The Labute approximate surface area is 171 Å². The molecule has 2 aliphatic heterocycles. The van der Waals surface area contributed by atoms with E-state index in [-0.39, 0.29) is 18.0 Å². The van der Waals surface area contributed by atoms with E-state index in [4.69, 9.17) is 0 Å². The number of benzene rings is 2. The first-order chi connectivity index (χ1) is 14.2. The molecule has 0 amide bonds. The van der Waals surface area contributed by atoms with Gasteiger partial charge in [-0.25, -0.2) is 0 Å². The molecule has 0 saturated carbocycles. The Hall–Kier alpha value is -2.70. The quantitative estimate of drug-likeness (QED) is 0.579. The summed E-state index contributed by atoms with van der Waals surface area (Å²) in [6, 6.07) is 15.2. The third-order valence-electron chi connectivity index (χ3n) is 5.66. The van der Waals surface area contributed by atoms with Crippen LogP contribution in [0.3, 0.4) is 0 Å². The Bertz CT molecular complexity index is 765. The monoisotopic (exact) mass is 392 g/mol. The fourth-order valence-corrected chi connectivity index (χ4v) is 3.91. The van der Waals surface area contributed by atoms with E-state index in [0.717, 1.165) is 63.7 Å². The van der Waals surface area contributed by atoms with Crippen molar-refractivity contribution in [2.45, 2.75) is 6.42 Å². The van der Waals surface area contributed by atoms with Gasteiger partial charge < -0.3 is 20.4 Å². The largest absolute Gasteiger partial charge is 0.369 e. The maximum atomic E-state index is 12.6. The first-order valence-electron chi connectivity index (χ1n) is 10.4. The predicted molar refractivity (Wildman–Crippen MR) is 116 cm³/mol. The van der Waals surface area contributed by atoms with Crippen molar-refractivity contribution in [3.63, 3.8) is 0 Å². The zero-order chi connectivity index (χ0) is 20.1. The van der Waals surface area contributed by atoms with E-state index in [2.05, 4.69) is 20.4 Å². The van der Waals surface area contributed by atoms with Crippen molar-refractivity contribution in [1.82, 2.24) is 10.6 Å². The highest BCUT2D eigenvalue weighted by Crippen LogP contribution is 2.19. The summed E-state index contributed by atoms with van der Waals surface area (Å²) >= 11 is 0. The van der Waals surface area contributed by atoms with Gasteiger partial charge in [0, 0.05) is 74.9 Å². The minimum atomic E-state index is -0.131. The molecule has 0 aliphatic carbocycles. The maximum absolute atomic E-state index is 12.6. The molecule has 2 aromatic rings. The van der Waals surface area contributed by atoms with Crippen molar-refractivity contribution < 1.29 is 9.59 Å². The van der Waals surface area contributed by atoms with Crippen LogP contribution in [0.2, 0.25) is 0 Å². The van der Waals surface area contributed by atoms with Crippen LogP contribution in [-0.4, -0.2) is 63.9 Å². The van der Waals surface area contributed by atoms with Gasteiger partial charge in [0.2, 0.25) is 0 Å². The second kappa shape index (κ2) is 9.20. The molecule has 29 heavy (non-hydrogen) atoms. The molecule has 2 fully saturated rings. The molecule has 2 aromatic carbocycles. The van der Waals surface area contributed by atoms with Crippen LogP contribution in [0.15, 0.2) is 48.5 Å². The van der Waals surface area contributed by atoms with Crippen molar-refractivity contribution in [3.8, 4) is 0 Å². The Morgan fingerprint density at radius 1 is 0.621 bits per heavy atom. The Balaban J connectivity index is 1.35. The van der Waals surface area contributed by atoms with E-state index < -0.39 is 0 Å². The zero-order valence-electron chi connectivity index (χ0n) is 16.7. The van der Waals surface area contributed by atoms with Gasteiger partial charge in [-0.15, -0.1) is 0 Å². The third kappa shape index (κ3) is 4.83. The van der Waals surface area contributed by atoms with Crippen LogP contribution < -0.4 is 20.4 Å². The summed E-state index contributed by atoms with van der Waals surface area (Å²) in [5.74, 6) is -0.263. The standard InChI is InChI=1S/C23H28N4O2/c28-22(18-1-5-20(6-2-18)26-13-9-24-10-14-26)17-23(29)19-3-7-21(8-4-19)27-15-11-25-12-16-27/h1-8,24-25H,9-17H2. The summed E-state index contributed by atoms with van der Waals surface area (Å²) in [6.45, 7) is 7.77. The lowest BCUT2D eigenvalue weighted by Gasteiger charge is -2.29. The van der Waals surface area contributed by atoms with E-state index in [1.165, 1.54) is 0 Å². The molecule has 4 rings (SSSR count). The van der Waals surface area contributed by atoms with Crippen molar-refractivity contribution >= 4 is 22.9 Å². The smallest absolute Gasteiger partial charge is 0.170 e. The van der Waals surface area contributed by atoms with Crippen LogP contribution >= 0.6 is 0 Å². The molecule has 0 aromatic heterocycles. The van der Waals surface area contributed by atoms with E-state index in [9.17, 15) is 9.59 Å². The molecular weight excluding hydrogens is 364 g/mol. The van der Waals surface area contributed by atoms with Crippen molar-refractivity contribution in [1.29, 1.82) is 0 Å². The molecule has 0 spiro atoms. The second-order valence-electron chi connectivity index (χ2n) is 7.59. The maximum Gasteiger partial charge on any atom is 0.170 e. The first kappa shape index (κ1) is 19.6. The molecule has 6 nitrogen and oxygen atoms in total. The molecule has 2 N–H and O–H groups in total. The molecule has 0 bridgehead atoms. The first-order valence-corrected chi connectivity index (χ1v) is 10.4. The SMILES string of the molecule is O=C(CC(=O)c1ccc(N2CCNCC2)cc1)c1ccc(N2CCNCC2)cc1. The number of carbonyl (C=O) groups excluding carboxylic acids is 2. The number of Topliss-reactive ketones (excluding diaryl/α,β-unsaturated/α-hetero) is 2. The number of rotatable bonds is 6. The number of hydrogen-bond acceptors (Lipinski definition) is 6. The topological polar surface area (TPSA) is 64.7 Å². The number of anilines is 2. The minimum Gasteiger partial charge on any atom is -0.369 e. The Morgan fingerprint density at radius 3 is 1.31 bits per heavy atom. The van der Waals surface area contributed by atoms with E-state index in [1.54, 1.807) is 0 Å². The number of hydrogen-bond donors (Lipinski definition) is 2. The van der Waals surface area contributed by atoms with Crippen molar-refractivity contribution in [2.24, 2.45) is 0 Å². The summed E-state index contributed by atoms with van der Waals surface area (Å²) in [5, 5.41) is 6.67.